The lowest BCUT2D eigenvalue weighted by Gasteiger charge is -2.29. The summed E-state index contributed by atoms with van der Waals surface area (Å²) in [5.74, 6) is 0.346. The van der Waals surface area contributed by atoms with Crippen molar-refractivity contribution >= 4 is 11.6 Å². The minimum absolute atomic E-state index is 0.125. The van der Waals surface area contributed by atoms with Crippen molar-refractivity contribution in [2.24, 2.45) is 5.92 Å². The second kappa shape index (κ2) is 2.87. The molecule has 0 aliphatic carbocycles. The maximum atomic E-state index is 11.6. The maximum absolute atomic E-state index is 11.6. The van der Waals surface area contributed by atoms with Crippen LogP contribution in [0.15, 0.2) is 24.3 Å². The van der Waals surface area contributed by atoms with Gasteiger partial charge in [-0.3, -0.25) is 4.79 Å². The van der Waals surface area contributed by atoms with E-state index in [0.717, 1.165) is 12.1 Å². The molecule has 0 aromatic heterocycles. The third kappa shape index (κ3) is 1.22. The van der Waals surface area contributed by atoms with Gasteiger partial charge in [-0.15, -0.1) is 0 Å². The van der Waals surface area contributed by atoms with Crippen molar-refractivity contribution in [2.45, 2.75) is 13.3 Å². The normalized spacial score (nSPS) is 21.5. The van der Waals surface area contributed by atoms with E-state index in [-0.39, 0.29) is 11.8 Å². The maximum Gasteiger partial charge on any atom is 0.229 e. The van der Waals surface area contributed by atoms with E-state index in [2.05, 4.69) is 6.07 Å². The Morgan fingerprint density at radius 1 is 1.38 bits per heavy atom. The van der Waals surface area contributed by atoms with Crippen LogP contribution < -0.4 is 4.90 Å². The predicted molar refractivity (Wildman–Crippen MR) is 52.7 cm³/mol. The molecule has 1 heterocycles. The summed E-state index contributed by atoms with van der Waals surface area (Å²) in [4.78, 5) is 13.4. The average molecular weight is 175 g/mol. The van der Waals surface area contributed by atoms with Crippen LogP contribution >= 0.6 is 0 Å². The van der Waals surface area contributed by atoms with Crippen molar-refractivity contribution in [1.29, 1.82) is 0 Å². The molecule has 0 saturated carbocycles. The van der Waals surface area contributed by atoms with E-state index in [1.54, 1.807) is 4.90 Å². The Balaban J connectivity index is 2.49. The van der Waals surface area contributed by atoms with Crippen LogP contribution in [0, 0.1) is 5.92 Å². The summed E-state index contributed by atoms with van der Waals surface area (Å²) < 4.78 is 0. The Bertz CT molecular complexity index is 346. The number of fused-ring (bicyclic) bond motifs is 1. The topological polar surface area (TPSA) is 20.3 Å². The van der Waals surface area contributed by atoms with Gasteiger partial charge in [-0.25, -0.2) is 0 Å². The van der Waals surface area contributed by atoms with E-state index in [9.17, 15) is 4.79 Å². The Morgan fingerprint density at radius 3 is 2.85 bits per heavy atom. The Labute approximate surface area is 78.2 Å². The quantitative estimate of drug-likeness (QED) is 0.589. The Hall–Kier alpha value is -1.31. The van der Waals surface area contributed by atoms with Gasteiger partial charge in [0.15, 0.2) is 0 Å². The van der Waals surface area contributed by atoms with Crippen LogP contribution in [0.25, 0.3) is 0 Å². The van der Waals surface area contributed by atoms with Crippen molar-refractivity contribution < 1.29 is 4.79 Å². The van der Waals surface area contributed by atoms with Crippen LogP contribution in [0.1, 0.15) is 12.5 Å². The lowest BCUT2D eigenvalue weighted by atomic mass is 9.94. The van der Waals surface area contributed by atoms with E-state index in [0.29, 0.717) is 0 Å². The van der Waals surface area contributed by atoms with Gasteiger partial charge in [-0.1, -0.05) is 25.1 Å². The van der Waals surface area contributed by atoms with Gasteiger partial charge in [0.1, 0.15) is 0 Å². The SMILES string of the molecule is CC1Cc2ccccc2N(C)C1=O. The molecule has 1 atom stereocenters. The molecule has 68 valence electrons. The molecule has 1 aliphatic heterocycles. The fourth-order valence-corrected chi connectivity index (χ4v) is 1.88. The molecule has 13 heavy (non-hydrogen) atoms. The fraction of sp³-hybridized carbons (Fsp3) is 0.364. The number of carbonyl (C=O) groups excluding carboxylic acids is 1. The molecular formula is C11H13NO. The number of para-hydroxylation sites is 1. The van der Waals surface area contributed by atoms with E-state index in [4.69, 9.17) is 0 Å². The standard InChI is InChI=1S/C11H13NO/c1-8-7-9-5-3-4-6-10(9)12(2)11(8)13/h3-6,8H,7H2,1-2H3. The molecule has 0 N–H and O–H groups in total. The number of carbonyl (C=O) groups is 1. The molecule has 0 radical (unpaired) electrons. The zero-order valence-electron chi connectivity index (χ0n) is 7.95. The summed E-state index contributed by atoms with van der Waals surface area (Å²) in [6.45, 7) is 1.98. The summed E-state index contributed by atoms with van der Waals surface area (Å²) in [6, 6.07) is 8.08. The van der Waals surface area contributed by atoms with Crippen LogP contribution in [-0.2, 0) is 11.2 Å². The molecule has 1 aromatic rings. The van der Waals surface area contributed by atoms with Gasteiger partial charge in [-0.2, -0.15) is 0 Å². The van der Waals surface area contributed by atoms with Crippen molar-refractivity contribution in [3.05, 3.63) is 29.8 Å². The second-order valence-electron chi connectivity index (χ2n) is 3.63. The van der Waals surface area contributed by atoms with Crippen molar-refractivity contribution in [3.63, 3.8) is 0 Å². The first-order valence-corrected chi connectivity index (χ1v) is 4.55. The highest BCUT2D eigenvalue weighted by molar-refractivity contribution is 5.97. The highest BCUT2D eigenvalue weighted by Gasteiger charge is 2.26. The van der Waals surface area contributed by atoms with E-state index in [1.807, 2.05) is 32.2 Å². The Kier molecular flexibility index (Phi) is 1.83. The highest BCUT2D eigenvalue weighted by Crippen LogP contribution is 2.28. The zero-order chi connectivity index (χ0) is 9.42. The lowest BCUT2D eigenvalue weighted by Crippen LogP contribution is -2.37. The Morgan fingerprint density at radius 2 is 2.08 bits per heavy atom. The molecule has 1 aromatic carbocycles. The van der Waals surface area contributed by atoms with Crippen molar-refractivity contribution in [2.75, 3.05) is 11.9 Å². The van der Waals surface area contributed by atoms with E-state index in [1.165, 1.54) is 5.56 Å². The first-order valence-electron chi connectivity index (χ1n) is 4.55. The van der Waals surface area contributed by atoms with Gasteiger partial charge < -0.3 is 4.90 Å². The summed E-state index contributed by atoms with van der Waals surface area (Å²) in [7, 11) is 1.84. The molecule has 2 heteroatoms. The molecule has 0 bridgehead atoms. The number of rotatable bonds is 0. The second-order valence-corrected chi connectivity index (χ2v) is 3.63. The molecular weight excluding hydrogens is 162 g/mol. The third-order valence-corrected chi connectivity index (χ3v) is 2.63. The first-order chi connectivity index (χ1) is 6.20. The van der Waals surface area contributed by atoms with Gasteiger partial charge in [0.05, 0.1) is 0 Å². The monoisotopic (exact) mass is 175 g/mol. The van der Waals surface area contributed by atoms with Gasteiger partial charge in [0.25, 0.3) is 0 Å². The summed E-state index contributed by atoms with van der Waals surface area (Å²) in [6.07, 6.45) is 0.874. The minimum Gasteiger partial charge on any atom is -0.315 e. The molecule has 0 spiro atoms. The lowest BCUT2D eigenvalue weighted by molar-refractivity contribution is -0.121. The van der Waals surface area contributed by atoms with Crippen LogP contribution in [-0.4, -0.2) is 13.0 Å². The van der Waals surface area contributed by atoms with Crippen LogP contribution in [0.5, 0.6) is 0 Å². The smallest absolute Gasteiger partial charge is 0.229 e. The van der Waals surface area contributed by atoms with Crippen LogP contribution in [0.4, 0.5) is 5.69 Å². The number of anilines is 1. The summed E-state index contributed by atoms with van der Waals surface area (Å²) in [5, 5.41) is 0. The fourth-order valence-electron chi connectivity index (χ4n) is 1.88. The van der Waals surface area contributed by atoms with E-state index < -0.39 is 0 Å². The molecule has 1 aliphatic rings. The molecule has 1 amide bonds. The van der Waals surface area contributed by atoms with Crippen molar-refractivity contribution in [3.8, 4) is 0 Å². The molecule has 2 rings (SSSR count). The summed E-state index contributed by atoms with van der Waals surface area (Å²) in [5.41, 5.74) is 2.34. The largest absolute Gasteiger partial charge is 0.315 e. The van der Waals surface area contributed by atoms with Crippen LogP contribution in [0.2, 0.25) is 0 Å². The third-order valence-electron chi connectivity index (χ3n) is 2.63. The van der Waals surface area contributed by atoms with Gasteiger partial charge in [-0.05, 0) is 18.1 Å². The van der Waals surface area contributed by atoms with Crippen LogP contribution in [0.3, 0.4) is 0 Å². The van der Waals surface area contributed by atoms with E-state index >= 15 is 0 Å². The molecule has 0 saturated heterocycles. The predicted octanol–water partition coefficient (Wildman–Crippen LogP) is 1.84. The molecule has 0 fully saturated rings. The highest BCUT2D eigenvalue weighted by atomic mass is 16.2. The van der Waals surface area contributed by atoms with Crippen molar-refractivity contribution in [1.82, 2.24) is 0 Å². The molecule has 1 unspecified atom stereocenters. The number of nitrogens with zero attached hydrogens (tertiary/aromatic N) is 1. The molecule has 2 nitrogen and oxygen atoms in total. The number of benzene rings is 1. The number of amides is 1. The van der Waals surface area contributed by atoms with Gasteiger partial charge in [0, 0.05) is 18.7 Å². The number of hydrogen-bond acceptors (Lipinski definition) is 1. The first kappa shape index (κ1) is 8.30. The number of hydrogen-bond donors (Lipinski definition) is 0. The zero-order valence-corrected chi connectivity index (χ0v) is 7.95. The minimum atomic E-state index is 0.125. The van der Waals surface area contributed by atoms with Gasteiger partial charge >= 0.3 is 0 Å². The summed E-state index contributed by atoms with van der Waals surface area (Å²) >= 11 is 0. The van der Waals surface area contributed by atoms with Gasteiger partial charge in [0.2, 0.25) is 5.91 Å². The average Bonchev–Trinajstić information content (AvgIpc) is 2.15.